The average Bonchev–Trinajstić information content (AvgIpc) is 2.81. The van der Waals surface area contributed by atoms with Crippen molar-refractivity contribution in [1.82, 2.24) is 10.6 Å². The number of amides is 2. The minimum absolute atomic E-state index is 0.00248. The van der Waals surface area contributed by atoms with E-state index in [1.54, 1.807) is 30.3 Å². The summed E-state index contributed by atoms with van der Waals surface area (Å²) in [5, 5.41) is 16.0. The van der Waals surface area contributed by atoms with Crippen LogP contribution in [0.5, 0.6) is 11.5 Å². The number of aromatic hydroxyl groups is 1. The largest absolute Gasteiger partial charge is 0.503 e. The first-order valence-electron chi connectivity index (χ1n) is 9.53. The molecule has 1 atom stereocenters. The van der Waals surface area contributed by atoms with Crippen molar-refractivity contribution in [3.8, 4) is 11.5 Å². The van der Waals surface area contributed by atoms with E-state index in [-0.39, 0.29) is 22.3 Å². The molecule has 3 aromatic rings. The summed E-state index contributed by atoms with van der Waals surface area (Å²) in [7, 11) is 1.41. The van der Waals surface area contributed by atoms with Crippen LogP contribution in [-0.4, -0.2) is 24.0 Å². The molecule has 3 aromatic carbocycles. The molecule has 156 valence electrons. The van der Waals surface area contributed by atoms with Crippen LogP contribution in [0.25, 0.3) is 5.70 Å². The molecule has 0 bridgehead atoms. The van der Waals surface area contributed by atoms with Crippen LogP contribution in [0, 0.1) is 0 Å². The molecule has 0 aromatic heterocycles. The number of phenolic OH excluding ortho intramolecular Hbond substituents is 1. The number of benzene rings is 3. The van der Waals surface area contributed by atoms with Gasteiger partial charge in [-0.25, -0.2) is 4.79 Å². The lowest BCUT2D eigenvalue weighted by molar-refractivity contribution is 0.102. The quantitative estimate of drug-likeness (QED) is 0.508. The van der Waals surface area contributed by atoms with E-state index in [2.05, 4.69) is 10.6 Å². The van der Waals surface area contributed by atoms with E-state index < -0.39 is 12.1 Å². The number of ketones is 1. The Hall–Kier alpha value is -3.77. The highest BCUT2D eigenvalue weighted by Crippen LogP contribution is 2.42. The van der Waals surface area contributed by atoms with E-state index in [0.29, 0.717) is 28.0 Å². The Kier molecular flexibility index (Phi) is 5.64. The second-order valence-corrected chi connectivity index (χ2v) is 7.28. The van der Waals surface area contributed by atoms with Crippen LogP contribution in [0.15, 0.2) is 78.4 Å². The lowest BCUT2D eigenvalue weighted by Gasteiger charge is -2.31. The molecule has 7 heteroatoms. The third-order valence-electron chi connectivity index (χ3n) is 5.05. The van der Waals surface area contributed by atoms with Gasteiger partial charge in [0.25, 0.3) is 0 Å². The molecule has 1 heterocycles. The number of rotatable bonds is 5. The maximum Gasteiger partial charge on any atom is 0.320 e. The van der Waals surface area contributed by atoms with Crippen molar-refractivity contribution in [3.63, 3.8) is 0 Å². The fourth-order valence-electron chi connectivity index (χ4n) is 3.57. The number of hydrogen-bond acceptors (Lipinski definition) is 4. The predicted octanol–water partition coefficient (Wildman–Crippen LogP) is 4.70. The Balaban J connectivity index is 1.96. The van der Waals surface area contributed by atoms with Crippen molar-refractivity contribution in [2.24, 2.45) is 0 Å². The Morgan fingerprint density at radius 1 is 1.00 bits per heavy atom. The van der Waals surface area contributed by atoms with E-state index >= 15 is 0 Å². The number of carbonyl (C=O) groups excluding carboxylic acids is 2. The number of carbonyl (C=O) groups is 2. The Morgan fingerprint density at radius 3 is 2.29 bits per heavy atom. The van der Waals surface area contributed by atoms with E-state index in [9.17, 15) is 14.7 Å². The molecule has 0 unspecified atom stereocenters. The van der Waals surface area contributed by atoms with Crippen LogP contribution in [-0.2, 0) is 0 Å². The van der Waals surface area contributed by atoms with Gasteiger partial charge in [0.1, 0.15) is 0 Å². The van der Waals surface area contributed by atoms with Gasteiger partial charge in [0.05, 0.1) is 29.4 Å². The van der Waals surface area contributed by atoms with Crippen molar-refractivity contribution in [2.75, 3.05) is 7.11 Å². The van der Waals surface area contributed by atoms with Crippen molar-refractivity contribution in [1.29, 1.82) is 0 Å². The van der Waals surface area contributed by atoms with E-state index in [1.807, 2.05) is 36.4 Å². The van der Waals surface area contributed by atoms with E-state index in [1.165, 1.54) is 13.2 Å². The molecule has 2 amide bonds. The van der Waals surface area contributed by atoms with Crippen LogP contribution in [0.2, 0.25) is 5.02 Å². The minimum Gasteiger partial charge on any atom is -0.503 e. The molecule has 0 saturated heterocycles. The highest BCUT2D eigenvalue weighted by Gasteiger charge is 2.35. The van der Waals surface area contributed by atoms with E-state index in [4.69, 9.17) is 16.3 Å². The summed E-state index contributed by atoms with van der Waals surface area (Å²) < 4.78 is 5.11. The average molecular weight is 435 g/mol. The molecule has 4 rings (SSSR count). The zero-order valence-corrected chi connectivity index (χ0v) is 17.3. The topological polar surface area (TPSA) is 87.7 Å². The van der Waals surface area contributed by atoms with Gasteiger partial charge in [0, 0.05) is 11.1 Å². The molecule has 6 nitrogen and oxygen atoms in total. The number of ether oxygens (including phenoxy) is 1. The number of halogens is 1. The smallest absolute Gasteiger partial charge is 0.320 e. The SMILES string of the molecule is COc1ccc([C@H]2NC(=O)NC(c3ccccc3)=C2C(=O)c2ccccc2)c(Cl)c1O. The molecule has 0 spiro atoms. The van der Waals surface area contributed by atoms with Gasteiger partial charge in [-0.15, -0.1) is 0 Å². The summed E-state index contributed by atoms with van der Waals surface area (Å²) in [5.74, 6) is -0.345. The van der Waals surface area contributed by atoms with Crippen LogP contribution < -0.4 is 15.4 Å². The molecule has 3 N–H and O–H groups in total. The molecular formula is C24H19ClN2O4. The lowest BCUT2D eigenvalue weighted by atomic mass is 9.87. The second-order valence-electron chi connectivity index (χ2n) is 6.90. The van der Waals surface area contributed by atoms with Crippen molar-refractivity contribution in [3.05, 3.63) is 100 Å². The lowest BCUT2D eigenvalue weighted by Crippen LogP contribution is -2.45. The van der Waals surface area contributed by atoms with Gasteiger partial charge < -0.3 is 20.5 Å². The third-order valence-corrected chi connectivity index (χ3v) is 5.45. The number of nitrogens with one attached hydrogen (secondary N) is 2. The molecule has 0 fully saturated rings. The summed E-state index contributed by atoms with van der Waals surface area (Å²) in [6.07, 6.45) is 0. The fraction of sp³-hybridized carbons (Fsp3) is 0.0833. The number of methoxy groups -OCH3 is 1. The van der Waals surface area contributed by atoms with Gasteiger partial charge >= 0.3 is 6.03 Å². The molecule has 31 heavy (non-hydrogen) atoms. The van der Waals surface area contributed by atoms with Crippen LogP contribution in [0.4, 0.5) is 4.79 Å². The van der Waals surface area contributed by atoms with Gasteiger partial charge in [0.15, 0.2) is 17.3 Å². The maximum atomic E-state index is 13.6. The predicted molar refractivity (Wildman–Crippen MR) is 118 cm³/mol. The van der Waals surface area contributed by atoms with Crippen LogP contribution in [0.3, 0.4) is 0 Å². The van der Waals surface area contributed by atoms with E-state index in [0.717, 1.165) is 0 Å². The normalized spacial score (nSPS) is 15.8. The summed E-state index contributed by atoms with van der Waals surface area (Å²) in [6.45, 7) is 0. The molecular weight excluding hydrogens is 416 g/mol. The molecule has 1 aliphatic heterocycles. The summed E-state index contributed by atoms with van der Waals surface area (Å²) in [4.78, 5) is 26.2. The maximum absolute atomic E-state index is 13.6. The molecule has 0 saturated carbocycles. The van der Waals surface area contributed by atoms with Crippen molar-refractivity contribution >= 4 is 29.1 Å². The fourth-order valence-corrected chi connectivity index (χ4v) is 3.84. The Morgan fingerprint density at radius 2 is 1.65 bits per heavy atom. The number of phenols is 1. The van der Waals surface area contributed by atoms with Gasteiger partial charge in [-0.05, 0) is 11.6 Å². The summed E-state index contributed by atoms with van der Waals surface area (Å²) in [6, 6.07) is 19.7. The Labute approximate surface area is 184 Å². The van der Waals surface area contributed by atoms with Crippen molar-refractivity contribution in [2.45, 2.75) is 6.04 Å². The van der Waals surface area contributed by atoms with Crippen molar-refractivity contribution < 1.29 is 19.4 Å². The van der Waals surface area contributed by atoms with Gasteiger partial charge in [0.2, 0.25) is 0 Å². The summed E-state index contributed by atoms with van der Waals surface area (Å²) in [5.41, 5.74) is 2.21. The standard InChI is InChI=1S/C24H19ClN2O4/c1-31-17-13-12-16(19(25)23(17)29)21-18(22(28)15-10-6-3-7-11-15)20(26-24(30)27-21)14-8-4-2-5-9-14/h2-13,21,29H,1H3,(H2,26,27,30)/t21-/m1/s1. The monoisotopic (exact) mass is 434 g/mol. The zero-order chi connectivity index (χ0) is 22.0. The van der Waals surface area contributed by atoms with Gasteiger partial charge in [-0.1, -0.05) is 78.3 Å². The first kappa shape index (κ1) is 20.5. The highest BCUT2D eigenvalue weighted by molar-refractivity contribution is 6.33. The minimum atomic E-state index is -0.888. The second kappa shape index (κ2) is 8.53. The number of urea groups is 1. The number of Topliss-reactive ketones (excluding diaryl/α,β-unsaturated/α-hetero) is 1. The van der Waals surface area contributed by atoms with Crippen LogP contribution in [0.1, 0.15) is 27.5 Å². The Bertz CT molecular complexity index is 1180. The van der Waals surface area contributed by atoms with Gasteiger partial charge in [-0.3, -0.25) is 4.79 Å². The molecule has 0 radical (unpaired) electrons. The molecule has 0 aliphatic carbocycles. The van der Waals surface area contributed by atoms with Gasteiger partial charge in [-0.2, -0.15) is 0 Å². The first-order valence-corrected chi connectivity index (χ1v) is 9.91. The summed E-state index contributed by atoms with van der Waals surface area (Å²) >= 11 is 6.43. The number of hydrogen-bond donors (Lipinski definition) is 3. The molecule has 1 aliphatic rings. The first-order chi connectivity index (χ1) is 15.0. The van der Waals surface area contributed by atoms with Crippen LogP contribution >= 0.6 is 11.6 Å². The zero-order valence-electron chi connectivity index (χ0n) is 16.6. The highest BCUT2D eigenvalue weighted by atomic mass is 35.5. The third kappa shape index (κ3) is 3.85.